The van der Waals surface area contributed by atoms with E-state index in [1.165, 1.54) is 25.3 Å². The topological polar surface area (TPSA) is 61.3 Å². The molecular formula is C16H26N4OS. The highest BCUT2D eigenvalue weighted by atomic mass is 32.2. The number of nitrogens with one attached hydrogen (secondary N) is 1. The van der Waals surface area contributed by atoms with E-state index in [4.69, 9.17) is 0 Å². The SMILES string of the molecule is CSCCCN1C[C@H]2C[C@@H](Nc3cnccn3)[C@H](O)C[C@H]2C1. The summed E-state index contributed by atoms with van der Waals surface area (Å²) in [5.41, 5.74) is 0. The van der Waals surface area contributed by atoms with Crippen molar-refractivity contribution in [2.24, 2.45) is 11.8 Å². The van der Waals surface area contributed by atoms with Gasteiger partial charge in [-0.05, 0) is 49.7 Å². The van der Waals surface area contributed by atoms with Gasteiger partial charge in [0.15, 0.2) is 0 Å². The predicted octanol–water partition coefficient (Wildman–Crippen LogP) is 1.71. The van der Waals surface area contributed by atoms with Crippen LogP contribution in [0.1, 0.15) is 19.3 Å². The van der Waals surface area contributed by atoms with Crippen LogP contribution in [0.4, 0.5) is 5.82 Å². The summed E-state index contributed by atoms with van der Waals surface area (Å²) >= 11 is 1.92. The summed E-state index contributed by atoms with van der Waals surface area (Å²) in [4.78, 5) is 10.9. The van der Waals surface area contributed by atoms with E-state index in [1.807, 2.05) is 11.8 Å². The van der Waals surface area contributed by atoms with Crippen molar-refractivity contribution in [2.45, 2.75) is 31.4 Å². The Morgan fingerprint density at radius 2 is 2.14 bits per heavy atom. The Kier molecular flexibility index (Phi) is 5.55. The smallest absolute Gasteiger partial charge is 0.144 e. The van der Waals surface area contributed by atoms with Gasteiger partial charge in [-0.2, -0.15) is 11.8 Å². The quantitative estimate of drug-likeness (QED) is 0.778. The van der Waals surface area contributed by atoms with Gasteiger partial charge in [0.05, 0.1) is 18.3 Å². The molecule has 0 radical (unpaired) electrons. The molecule has 0 bridgehead atoms. The van der Waals surface area contributed by atoms with Gasteiger partial charge in [-0.3, -0.25) is 4.98 Å². The molecule has 2 heterocycles. The van der Waals surface area contributed by atoms with E-state index in [1.54, 1.807) is 18.6 Å². The van der Waals surface area contributed by atoms with Crippen molar-refractivity contribution in [2.75, 3.05) is 37.0 Å². The van der Waals surface area contributed by atoms with Gasteiger partial charge in [0.1, 0.15) is 5.82 Å². The summed E-state index contributed by atoms with van der Waals surface area (Å²) in [6, 6.07) is 0.101. The number of aliphatic hydroxyl groups is 1. The fourth-order valence-corrected chi connectivity index (χ4v) is 4.28. The highest BCUT2D eigenvalue weighted by Gasteiger charge is 2.41. The van der Waals surface area contributed by atoms with Gasteiger partial charge in [-0.1, -0.05) is 0 Å². The molecule has 0 spiro atoms. The molecule has 0 amide bonds. The van der Waals surface area contributed by atoms with Crippen LogP contribution >= 0.6 is 11.8 Å². The standard InChI is InChI=1S/C16H26N4OS/c1-22-6-2-5-20-10-12-7-14(15(21)8-13(12)11-20)19-16-9-17-3-4-18-16/h3-4,9,12-15,21H,2,5-8,10-11H2,1H3,(H,18,19)/t12-,13+,14-,15-/m1/s1. The molecule has 2 aliphatic rings. The molecule has 1 aromatic heterocycles. The van der Waals surface area contributed by atoms with E-state index < -0.39 is 0 Å². The molecule has 5 nitrogen and oxygen atoms in total. The second-order valence-electron chi connectivity index (χ2n) is 6.51. The molecule has 2 N–H and O–H groups in total. The Morgan fingerprint density at radius 3 is 2.86 bits per heavy atom. The lowest BCUT2D eigenvalue weighted by Crippen LogP contribution is -2.43. The third kappa shape index (κ3) is 3.91. The fraction of sp³-hybridized carbons (Fsp3) is 0.750. The number of aromatic nitrogens is 2. The highest BCUT2D eigenvalue weighted by Crippen LogP contribution is 2.37. The molecule has 1 aromatic rings. The van der Waals surface area contributed by atoms with Gasteiger partial charge in [-0.15, -0.1) is 0 Å². The number of anilines is 1. The van der Waals surface area contributed by atoms with Gasteiger partial charge < -0.3 is 15.3 Å². The average Bonchev–Trinajstić information content (AvgIpc) is 2.90. The number of hydrogen-bond acceptors (Lipinski definition) is 6. The first-order valence-electron chi connectivity index (χ1n) is 8.18. The number of fused-ring (bicyclic) bond motifs is 1. The maximum Gasteiger partial charge on any atom is 0.144 e. The Balaban J connectivity index is 1.53. The van der Waals surface area contributed by atoms with Crippen molar-refractivity contribution in [1.82, 2.24) is 14.9 Å². The van der Waals surface area contributed by atoms with Crippen molar-refractivity contribution >= 4 is 17.6 Å². The third-order valence-electron chi connectivity index (χ3n) is 4.94. The monoisotopic (exact) mass is 322 g/mol. The Bertz CT molecular complexity index is 461. The number of aliphatic hydroxyl groups excluding tert-OH is 1. The van der Waals surface area contributed by atoms with Crippen molar-refractivity contribution in [3.05, 3.63) is 18.6 Å². The first-order chi connectivity index (χ1) is 10.8. The zero-order chi connectivity index (χ0) is 15.4. The number of likely N-dealkylation sites (tertiary alicyclic amines) is 1. The minimum Gasteiger partial charge on any atom is -0.391 e. The minimum absolute atomic E-state index is 0.101. The van der Waals surface area contributed by atoms with Gasteiger partial charge in [0.2, 0.25) is 0 Å². The first kappa shape index (κ1) is 16.0. The normalized spacial score (nSPS) is 31.9. The molecule has 3 rings (SSSR count). The maximum absolute atomic E-state index is 10.4. The van der Waals surface area contributed by atoms with Crippen molar-refractivity contribution in [1.29, 1.82) is 0 Å². The second kappa shape index (κ2) is 7.62. The third-order valence-corrected chi connectivity index (χ3v) is 5.63. The zero-order valence-electron chi connectivity index (χ0n) is 13.2. The van der Waals surface area contributed by atoms with Crippen LogP contribution in [0.3, 0.4) is 0 Å². The minimum atomic E-state index is -0.283. The number of thioether (sulfide) groups is 1. The van der Waals surface area contributed by atoms with Crippen LogP contribution in [0, 0.1) is 11.8 Å². The molecule has 1 aliphatic carbocycles. The number of rotatable bonds is 6. The summed E-state index contributed by atoms with van der Waals surface area (Å²) in [7, 11) is 0. The largest absolute Gasteiger partial charge is 0.391 e. The fourth-order valence-electron chi connectivity index (χ4n) is 3.86. The first-order valence-corrected chi connectivity index (χ1v) is 9.57. The van der Waals surface area contributed by atoms with E-state index in [-0.39, 0.29) is 12.1 Å². The molecule has 1 saturated carbocycles. The van der Waals surface area contributed by atoms with Crippen LogP contribution in [0.2, 0.25) is 0 Å². The summed E-state index contributed by atoms with van der Waals surface area (Å²) in [5.74, 6) is 3.36. The molecule has 4 atom stereocenters. The van der Waals surface area contributed by atoms with E-state index in [0.717, 1.165) is 25.2 Å². The van der Waals surface area contributed by atoms with Gasteiger partial charge in [0, 0.05) is 25.5 Å². The van der Waals surface area contributed by atoms with Crippen LogP contribution in [0.5, 0.6) is 0 Å². The van der Waals surface area contributed by atoms with Crippen molar-refractivity contribution in [3.63, 3.8) is 0 Å². The molecule has 0 unspecified atom stereocenters. The average molecular weight is 322 g/mol. The Hall–Kier alpha value is -0.850. The van der Waals surface area contributed by atoms with Crippen molar-refractivity contribution < 1.29 is 5.11 Å². The molecule has 1 saturated heterocycles. The van der Waals surface area contributed by atoms with Crippen LogP contribution in [-0.2, 0) is 0 Å². The molecule has 6 heteroatoms. The van der Waals surface area contributed by atoms with Gasteiger partial charge >= 0.3 is 0 Å². The van der Waals surface area contributed by atoms with E-state index in [2.05, 4.69) is 26.4 Å². The van der Waals surface area contributed by atoms with Crippen LogP contribution < -0.4 is 5.32 Å². The van der Waals surface area contributed by atoms with Crippen LogP contribution in [0.15, 0.2) is 18.6 Å². The molecule has 1 aliphatic heterocycles. The molecule has 0 aromatic carbocycles. The predicted molar refractivity (Wildman–Crippen MR) is 91.1 cm³/mol. The van der Waals surface area contributed by atoms with Crippen molar-refractivity contribution in [3.8, 4) is 0 Å². The lowest BCUT2D eigenvalue weighted by molar-refractivity contribution is 0.0735. The number of hydrogen-bond donors (Lipinski definition) is 2. The van der Waals surface area contributed by atoms with Crippen LogP contribution in [-0.4, -0.2) is 63.8 Å². The highest BCUT2D eigenvalue weighted by molar-refractivity contribution is 7.98. The zero-order valence-corrected chi connectivity index (χ0v) is 14.0. The summed E-state index contributed by atoms with van der Waals surface area (Å²) in [5, 5.41) is 13.8. The summed E-state index contributed by atoms with van der Waals surface area (Å²) < 4.78 is 0. The lowest BCUT2D eigenvalue weighted by Gasteiger charge is -2.35. The van der Waals surface area contributed by atoms with Crippen LogP contribution in [0.25, 0.3) is 0 Å². The van der Waals surface area contributed by atoms with E-state index in [9.17, 15) is 5.11 Å². The Labute approximate surface area is 136 Å². The lowest BCUT2D eigenvalue weighted by atomic mass is 9.77. The molecular weight excluding hydrogens is 296 g/mol. The van der Waals surface area contributed by atoms with E-state index >= 15 is 0 Å². The molecule has 22 heavy (non-hydrogen) atoms. The van der Waals surface area contributed by atoms with E-state index in [0.29, 0.717) is 11.8 Å². The number of nitrogens with zero attached hydrogens (tertiary/aromatic N) is 3. The molecule has 2 fully saturated rings. The second-order valence-corrected chi connectivity index (χ2v) is 7.49. The summed E-state index contributed by atoms with van der Waals surface area (Å²) in [6.07, 6.45) is 10.2. The van der Waals surface area contributed by atoms with Gasteiger partial charge in [0.25, 0.3) is 0 Å². The summed E-state index contributed by atoms with van der Waals surface area (Å²) in [6.45, 7) is 3.55. The van der Waals surface area contributed by atoms with Gasteiger partial charge in [-0.25, -0.2) is 4.98 Å². The Morgan fingerprint density at radius 1 is 1.32 bits per heavy atom. The molecule has 122 valence electrons. The maximum atomic E-state index is 10.4.